The molecule has 1 heterocycles. The van der Waals surface area contributed by atoms with Gasteiger partial charge in [-0.3, -0.25) is 19.1 Å². The van der Waals surface area contributed by atoms with E-state index in [1.807, 2.05) is 6.08 Å². The summed E-state index contributed by atoms with van der Waals surface area (Å²) in [5, 5.41) is 0.624. The minimum Gasteiger partial charge on any atom is -0.368 e. The van der Waals surface area contributed by atoms with E-state index in [4.69, 9.17) is 5.73 Å². The zero-order chi connectivity index (χ0) is 21.1. The number of primary amides is 1. The standard InChI is InChI=1S/C22H35N3O3S/c1-2-17(16-20(26)24-29-18-13-14-18)10-7-5-3-4-6-8-12-21(27)25-15-9-11-19(25)22(23)28/h7,18-19H,2-6,8-9,11-16H2,1H3,(H2,23,28)(H,24,26)/t10?,19-/m0/s1. The highest BCUT2D eigenvalue weighted by Gasteiger charge is 2.31. The molecule has 0 aromatic heterocycles. The van der Waals surface area contributed by atoms with Crippen LogP contribution in [-0.2, 0) is 14.4 Å². The Morgan fingerprint density at radius 3 is 2.62 bits per heavy atom. The summed E-state index contributed by atoms with van der Waals surface area (Å²) in [6.45, 7) is 2.71. The fourth-order valence-electron chi connectivity index (χ4n) is 3.44. The van der Waals surface area contributed by atoms with E-state index in [0.717, 1.165) is 50.5 Å². The SMILES string of the molecule is CCC(=C=CCCCCCCC(=O)N1CCC[C@H]1C(N)=O)CC(=O)NSC1CC1. The largest absolute Gasteiger partial charge is 0.368 e. The Morgan fingerprint density at radius 2 is 1.93 bits per heavy atom. The number of carbonyl (C=O) groups excluding carboxylic acids is 3. The first kappa shape index (κ1) is 23.6. The summed E-state index contributed by atoms with van der Waals surface area (Å²) in [4.78, 5) is 37.2. The number of rotatable bonds is 13. The van der Waals surface area contributed by atoms with Gasteiger partial charge in [0.2, 0.25) is 17.7 Å². The topological polar surface area (TPSA) is 92.5 Å². The quantitative estimate of drug-likeness (QED) is 0.270. The molecular formula is C22H35N3O3S. The van der Waals surface area contributed by atoms with Crippen molar-refractivity contribution in [1.82, 2.24) is 9.62 Å². The van der Waals surface area contributed by atoms with Crippen LogP contribution in [0.15, 0.2) is 17.4 Å². The van der Waals surface area contributed by atoms with Crippen molar-refractivity contribution in [3.05, 3.63) is 17.4 Å². The molecule has 0 unspecified atom stereocenters. The Kier molecular flexibility index (Phi) is 10.4. The number of unbranched alkanes of at least 4 members (excludes halogenated alkanes) is 4. The van der Waals surface area contributed by atoms with Gasteiger partial charge in [-0.2, -0.15) is 0 Å². The molecule has 0 aromatic carbocycles. The van der Waals surface area contributed by atoms with Crippen molar-refractivity contribution in [1.29, 1.82) is 0 Å². The zero-order valence-electron chi connectivity index (χ0n) is 17.6. The van der Waals surface area contributed by atoms with E-state index in [1.165, 1.54) is 12.8 Å². The first-order chi connectivity index (χ1) is 14.0. The molecule has 1 atom stereocenters. The van der Waals surface area contributed by atoms with Crippen molar-refractivity contribution >= 4 is 29.7 Å². The van der Waals surface area contributed by atoms with E-state index in [-0.39, 0.29) is 17.7 Å². The molecule has 29 heavy (non-hydrogen) atoms. The number of amides is 3. The second kappa shape index (κ2) is 12.8. The molecule has 1 saturated heterocycles. The maximum absolute atomic E-state index is 12.2. The van der Waals surface area contributed by atoms with Crippen LogP contribution in [0.2, 0.25) is 0 Å². The first-order valence-corrected chi connectivity index (χ1v) is 11.9. The van der Waals surface area contributed by atoms with Crippen molar-refractivity contribution in [3.63, 3.8) is 0 Å². The molecule has 162 valence electrons. The van der Waals surface area contributed by atoms with Crippen LogP contribution in [0.3, 0.4) is 0 Å². The number of nitrogens with zero attached hydrogens (tertiary/aromatic N) is 1. The summed E-state index contributed by atoms with van der Waals surface area (Å²) < 4.78 is 2.92. The fourth-order valence-corrected chi connectivity index (χ4v) is 4.18. The lowest BCUT2D eigenvalue weighted by atomic mass is 10.1. The van der Waals surface area contributed by atoms with Crippen LogP contribution in [0.4, 0.5) is 0 Å². The van der Waals surface area contributed by atoms with Crippen molar-refractivity contribution in [2.75, 3.05) is 6.54 Å². The second-order valence-electron chi connectivity index (χ2n) is 7.93. The van der Waals surface area contributed by atoms with Gasteiger partial charge in [-0.25, -0.2) is 0 Å². The minimum atomic E-state index is -0.401. The number of likely N-dealkylation sites (tertiary alicyclic amines) is 1. The lowest BCUT2D eigenvalue weighted by Gasteiger charge is -2.22. The molecule has 2 aliphatic rings. The Bertz CT molecular complexity index is 639. The second-order valence-corrected chi connectivity index (χ2v) is 9.03. The van der Waals surface area contributed by atoms with E-state index >= 15 is 0 Å². The van der Waals surface area contributed by atoms with Gasteiger partial charge >= 0.3 is 0 Å². The third kappa shape index (κ3) is 9.09. The summed E-state index contributed by atoms with van der Waals surface area (Å²) in [5.41, 5.74) is 9.69. The maximum Gasteiger partial charge on any atom is 0.240 e. The Balaban J connectivity index is 1.55. The summed E-state index contributed by atoms with van der Waals surface area (Å²) in [6, 6.07) is -0.401. The molecule has 7 heteroatoms. The smallest absolute Gasteiger partial charge is 0.240 e. The highest BCUT2D eigenvalue weighted by atomic mass is 32.2. The minimum absolute atomic E-state index is 0.0554. The number of nitrogens with two attached hydrogens (primary N) is 1. The molecule has 0 spiro atoms. The van der Waals surface area contributed by atoms with Crippen LogP contribution in [0.25, 0.3) is 0 Å². The van der Waals surface area contributed by atoms with Gasteiger partial charge in [-0.05, 0) is 75.0 Å². The van der Waals surface area contributed by atoms with Gasteiger partial charge in [0, 0.05) is 18.2 Å². The monoisotopic (exact) mass is 421 g/mol. The summed E-state index contributed by atoms with van der Waals surface area (Å²) >= 11 is 1.55. The maximum atomic E-state index is 12.2. The zero-order valence-corrected chi connectivity index (χ0v) is 18.4. The third-order valence-corrected chi connectivity index (χ3v) is 6.51. The fraction of sp³-hybridized carbons (Fsp3) is 0.727. The predicted molar refractivity (Wildman–Crippen MR) is 117 cm³/mol. The van der Waals surface area contributed by atoms with Gasteiger partial charge in [-0.15, -0.1) is 5.73 Å². The van der Waals surface area contributed by atoms with Crippen LogP contribution < -0.4 is 10.5 Å². The van der Waals surface area contributed by atoms with Crippen molar-refractivity contribution in [3.8, 4) is 0 Å². The predicted octanol–water partition coefficient (Wildman–Crippen LogP) is 3.61. The molecule has 6 nitrogen and oxygen atoms in total. The van der Waals surface area contributed by atoms with E-state index in [1.54, 1.807) is 16.8 Å². The van der Waals surface area contributed by atoms with Gasteiger partial charge in [0.15, 0.2) is 0 Å². The Labute approximate surface area is 178 Å². The van der Waals surface area contributed by atoms with Crippen molar-refractivity contribution in [2.45, 2.75) is 95.3 Å². The average molecular weight is 422 g/mol. The summed E-state index contributed by atoms with van der Waals surface area (Å²) in [6.07, 6.45) is 12.7. The summed E-state index contributed by atoms with van der Waals surface area (Å²) in [5.74, 6) is -0.262. The molecule has 2 fully saturated rings. The van der Waals surface area contributed by atoms with Gasteiger partial charge in [0.05, 0.1) is 6.42 Å². The Morgan fingerprint density at radius 1 is 1.17 bits per heavy atom. The van der Waals surface area contributed by atoms with E-state index in [0.29, 0.717) is 31.1 Å². The molecule has 1 aliphatic heterocycles. The van der Waals surface area contributed by atoms with Gasteiger partial charge in [0.25, 0.3) is 0 Å². The number of nitrogens with one attached hydrogen (secondary N) is 1. The van der Waals surface area contributed by atoms with Gasteiger partial charge in [-0.1, -0.05) is 19.8 Å². The molecular weight excluding hydrogens is 386 g/mol. The van der Waals surface area contributed by atoms with Crippen LogP contribution in [0.5, 0.6) is 0 Å². The summed E-state index contributed by atoms with van der Waals surface area (Å²) in [7, 11) is 0. The van der Waals surface area contributed by atoms with Gasteiger partial charge in [0.1, 0.15) is 6.04 Å². The van der Waals surface area contributed by atoms with Gasteiger partial charge < -0.3 is 10.6 Å². The molecule has 1 aliphatic carbocycles. The van der Waals surface area contributed by atoms with Crippen LogP contribution in [-0.4, -0.2) is 40.5 Å². The molecule has 3 amide bonds. The molecule has 0 aromatic rings. The first-order valence-electron chi connectivity index (χ1n) is 11.0. The molecule has 3 N–H and O–H groups in total. The average Bonchev–Trinajstić information content (AvgIpc) is 3.39. The normalized spacial score (nSPS) is 18.2. The molecule has 0 bridgehead atoms. The number of hydrogen-bond acceptors (Lipinski definition) is 4. The lowest BCUT2D eigenvalue weighted by molar-refractivity contribution is -0.137. The van der Waals surface area contributed by atoms with E-state index in [9.17, 15) is 14.4 Å². The highest BCUT2D eigenvalue weighted by Crippen LogP contribution is 2.31. The van der Waals surface area contributed by atoms with Crippen LogP contribution in [0, 0.1) is 0 Å². The lowest BCUT2D eigenvalue weighted by Crippen LogP contribution is -2.43. The van der Waals surface area contributed by atoms with Crippen molar-refractivity contribution in [2.24, 2.45) is 5.73 Å². The number of carbonyl (C=O) groups is 3. The molecule has 2 rings (SSSR count). The number of hydrogen-bond donors (Lipinski definition) is 2. The molecule has 0 radical (unpaired) electrons. The molecule has 1 saturated carbocycles. The van der Waals surface area contributed by atoms with Crippen molar-refractivity contribution < 1.29 is 14.4 Å². The van der Waals surface area contributed by atoms with Crippen LogP contribution in [0.1, 0.15) is 84.0 Å². The van der Waals surface area contributed by atoms with E-state index in [2.05, 4.69) is 17.4 Å². The van der Waals surface area contributed by atoms with Crippen LogP contribution >= 0.6 is 11.9 Å². The third-order valence-electron chi connectivity index (χ3n) is 5.36. The van der Waals surface area contributed by atoms with E-state index < -0.39 is 6.04 Å². The highest BCUT2D eigenvalue weighted by molar-refractivity contribution is 7.98. The Hall–Kier alpha value is -1.72.